The Hall–Kier alpha value is -4.27. The molecule has 0 radical (unpaired) electrons. The third-order valence-electron chi connectivity index (χ3n) is 7.49. The lowest BCUT2D eigenvalue weighted by atomic mass is 9.98. The van der Waals surface area contributed by atoms with Crippen LogP contribution in [0.2, 0.25) is 0 Å². The van der Waals surface area contributed by atoms with E-state index in [4.69, 9.17) is 4.98 Å². The predicted octanol–water partition coefficient (Wildman–Crippen LogP) is 3.80. The maximum absolute atomic E-state index is 14.2. The van der Waals surface area contributed by atoms with Crippen LogP contribution in [0.5, 0.6) is 0 Å². The summed E-state index contributed by atoms with van der Waals surface area (Å²) in [5, 5.41) is 11.6. The molecule has 11 nitrogen and oxygen atoms in total. The van der Waals surface area contributed by atoms with Crippen molar-refractivity contribution in [2.24, 2.45) is 7.05 Å². The van der Waals surface area contributed by atoms with Crippen LogP contribution in [-0.2, 0) is 26.2 Å². The second-order valence-electron chi connectivity index (χ2n) is 10.5. The van der Waals surface area contributed by atoms with Gasteiger partial charge in [-0.2, -0.15) is 23.4 Å². The second-order valence-corrected chi connectivity index (χ2v) is 11.3. The first-order valence-electron chi connectivity index (χ1n) is 13.3. The van der Waals surface area contributed by atoms with Gasteiger partial charge in [0.05, 0.1) is 23.5 Å². The van der Waals surface area contributed by atoms with Crippen molar-refractivity contribution in [1.29, 1.82) is 0 Å². The number of benzene rings is 1. The van der Waals surface area contributed by atoms with Crippen molar-refractivity contribution in [2.75, 3.05) is 7.05 Å². The van der Waals surface area contributed by atoms with E-state index in [1.54, 1.807) is 40.8 Å². The van der Waals surface area contributed by atoms with Crippen molar-refractivity contribution in [2.45, 2.75) is 52.9 Å². The number of nitrogens with zero attached hydrogens (tertiary/aromatic N) is 7. The van der Waals surface area contributed by atoms with Gasteiger partial charge in [-0.1, -0.05) is 15.9 Å². The highest BCUT2D eigenvalue weighted by Crippen LogP contribution is 2.36. The standard InChI is InChI=1S/C28H28BrF3N8O3/c1-13-9-15(3)40(35-13)27-34-21-12-38(25(42)17-7-8-20(29)19(11-17)28(30,31)32)14(2)10-18(21)26(43)39(27)23-16(4)22(24(41)33-5)37(6)36-23/h7-9,11,14H,10,12H2,1-6H3,(H,33,41)/t14-/m1/s1. The molecule has 1 aromatic carbocycles. The average Bonchev–Trinajstić information content (AvgIpc) is 3.43. The first-order chi connectivity index (χ1) is 20.1. The van der Waals surface area contributed by atoms with Crippen LogP contribution < -0.4 is 10.9 Å². The SMILES string of the molecule is CNC(=O)c1c(C)c(-n2c(-n3nc(C)cc3C)nc3c(c2=O)C[C@@H](C)N(C(=O)c2ccc(Br)c(C(F)(F)F)c2)C3)nn1C. The zero-order valence-electron chi connectivity index (χ0n) is 24.2. The Morgan fingerprint density at radius 3 is 2.42 bits per heavy atom. The number of hydrogen-bond donors (Lipinski definition) is 1. The van der Waals surface area contributed by atoms with E-state index in [0.29, 0.717) is 28.2 Å². The van der Waals surface area contributed by atoms with Gasteiger partial charge in [-0.25, -0.2) is 14.2 Å². The fraction of sp³-hybridized carbons (Fsp3) is 0.357. The minimum absolute atomic E-state index is 0.0984. The zero-order chi connectivity index (χ0) is 31.5. The summed E-state index contributed by atoms with van der Waals surface area (Å²) < 4.78 is 44.7. The van der Waals surface area contributed by atoms with Gasteiger partial charge in [0.1, 0.15) is 5.69 Å². The summed E-state index contributed by atoms with van der Waals surface area (Å²) in [6.45, 7) is 6.87. The average molecular weight is 661 g/mol. The Bertz CT molecular complexity index is 1860. The normalized spacial score (nSPS) is 15.0. The van der Waals surface area contributed by atoms with Crippen molar-refractivity contribution in [3.05, 3.63) is 84.1 Å². The van der Waals surface area contributed by atoms with Crippen molar-refractivity contribution in [3.63, 3.8) is 0 Å². The van der Waals surface area contributed by atoms with Crippen molar-refractivity contribution < 1.29 is 22.8 Å². The van der Waals surface area contributed by atoms with Crippen molar-refractivity contribution >= 4 is 27.7 Å². The minimum Gasteiger partial charge on any atom is -0.354 e. The van der Waals surface area contributed by atoms with E-state index >= 15 is 0 Å². The van der Waals surface area contributed by atoms with Crippen LogP contribution in [0.4, 0.5) is 13.2 Å². The molecular formula is C28H28BrF3N8O3. The van der Waals surface area contributed by atoms with Gasteiger partial charge in [0.2, 0.25) is 5.95 Å². The molecule has 0 spiro atoms. The van der Waals surface area contributed by atoms with Gasteiger partial charge in [0.15, 0.2) is 5.82 Å². The number of carbonyl (C=O) groups is 2. The van der Waals surface area contributed by atoms with Crippen LogP contribution in [0.1, 0.15) is 61.5 Å². The third kappa shape index (κ3) is 5.15. The highest BCUT2D eigenvalue weighted by atomic mass is 79.9. The smallest absolute Gasteiger partial charge is 0.354 e. The number of nitrogens with one attached hydrogen (secondary N) is 1. The fourth-order valence-corrected chi connectivity index (χ4v) is 5.86. The van der Waals surface area contributed by atoms with E-state index in [1.807, 2.05) is 0 Å². The van der Waals surface area contributed by atoms with E-state index in [9.17, 15) is 27.6 Å². The molecule has 1 aliphatic rings. The van der Waals surface area contributed by atoms with Crippen LogP contribution in [-0.4, -0.2) is 58.9 Å². The molecule has 226 valence electrons. The monoisotopic (exact) mass is 660 g/mol. The van der Waals surface area contributed by atoms with Crippen LogP contribution in [0.25, 0.3) is 11.8 Å². The number of hydrogen-bond acceptors (Lipinski definition) is 6. The summed E-state index contributed by atoms with van der Waals surface area (Å²) in [6.07, 6.45) is -4.56. The molecule has 1 N–H and O–H groups in total. The molecule has 0 aliphatic carbocycles. The van der Waals surface area contributed by atoms with Crippen LogP contribution in [0.3, 0.4) is 0 Å². The molecule has 0 fully saturated rings. The molecule has 4 heterocycles. The number of rotatable bonds is 4. The molecule has 0 saturated carbocycles. The van der Waals surface area contributed by atoms with Gasteiger partial charge in [-0.05, 0) is 58.4 Å². The molecule has 5 rings (SSSR count). The maximum Gasteiger partial charge on any atom is 0.417 e. The number of halogens is 4. The second kappa shape index (κ2) is 10.8. The van der Waals surface area contributed by atoms with Gasteiger partial charge < -0.3 is 10.2 Å². The maximum atomic E-state index is 14.2. The number of alkyl halides is 3. The minimum atomic E-state index is -4.65. The lowest BCUT2D eigenvalue weighted by Gasteiger charge is -2.34. The summed E-state index contributed by atoms with van der Waals surface area (Å²) in [5.74, 6) is -0.700. The molecule has 15 heteroatoms. The van der Waals surface area contributed by atoms with Gasteiger partial charge >= 0.3 is 6.18 Å². The van der Waals surface area contributed by atoms with Crippen molar-refractivity contribution in [3.8, 4) is 11.8 Å². The van der Waals surface area contributed by atoms with Gasteiger partial charge in [0, 0.05) is 47.0 Å². The van der Waals surface area contributed by atoms with E-state index in [-0.39, 0.29) is 46.4 Å². The fourth-order valence-electron chi connectivity index (χ4n) is 5.39. The Morgan fingerprint density at radius 2 is 1.81 bits per heavy atom. The molecule has 3 aromatic heterocycles. The number of carbonyl (C=O) groups excluding carboxylic acids is 2. The topological polar surface area (TPSA) is 120 Å². The van der Waals surface area contributed by atoms with E-state index in [1.165, 1.54) is 38.0 Å². The van der Waals surface area contributed by atoms with Gasteiger partial charge in [0.25, 0.3) is 17.4 Å². The summed E-state index contributed by atoms with van der Waals surface area (Å²) in [4.78, 5) is 46.6. The number of aromatic nitrogens is 6. The van der Waals surface area contributed by atoms with Crippen LogP contribution in [0, 0.1) is 20.8 Å². The third-order valence-corrected chi connectivity index (χ3v) is 8.18. The first kappa shape index (κ1) is 30.2. The highest BCUT2D eigenvalue weighted by molar-refractivity contribution is 9.10. The van der Waals surface area contributed by atoms with Gasteiger partial charge in [-0.3, -0.25) is 19.1 Å². The molecule has 43 heavy (non-hydrogen) atoms. The lowest BCUT2D eigenvalue weighted by Crippen LogP contribution is -2.46. The predicted molar refractivity (Wildman–Crippen MR) is 154 cm³/mol. The quantitative estimate of drug-likeness (QED) is 0.356. The molecule has 1 aliphatic heterocycles. The molecule has 4 aromatic rings. The molecule has 2 amide bonds. The zero-order valence-corrected chi connectivity index (χ0v) is 25.8. The van der Waals surface area contributed by atoms with Crippen LogP contribution >= 0.6 is 15.9 Å². The number of fused-ring (bicyclic) bond motifs is 1. The van der Waals surface area contributed by atoms with E-state index < -0.39 is 29.2 Å². The summed E-state index contributed by atoms with van der Waals surface area (Å²) in [6, 6.07) is 4.60. The molecule has 1 atom stereocenters. The molecule has 0 bridgehead atoms. The van der Waals surface area contributed by atoms with Crippen molar-refractivity contribution in [1.82, 2.24) is 39.3 Å². The lowest BCUT2D eigenvalue weighted by molar-refractivity contribution is -0.138. The molecule has 0 unspecified atom stereocenters. The van der Waals surface area contributed by atoms with E-state index in [2.05, 4.69) is 31.4 Å². The molecular weight excluding hydrogens is 633 g/mol. The Morgan fingerprint density at radius 1 is 1.12 bits per heavy atom. The molecule has 0 saturated heterocycles. The Labute approximate surface area is 252 Å². The van der Waals surface area contributed by atoms with Crippen LogP contribution in [0.15, 0.2) is 33.5 Å². The summed E-state index contributed by atoms with van der Waals surface area (Å²) >= 11 is 2.91. The summed E-state index contributed by atoms with van der Waals surface area (Å²) in [7, 11) is 3.09. The summed E-state index contributed by atoms with van der Waals surface area (Å²) in [5.41, 5.74) is 1.14. The van der Waals surface area contributed by atoms with Gasteiger partial charge in [-0.15, -0.1) is 0 Å². The Balaban J connectivity index is 1.67. The number of aryl methyl sites for hydroxylation is 3. The van der Waals surface area contributed by atoms with E-state index in [0.717, 1.165) is 6.07 Å². The first-order valence-corrected chi connectivity index (χ1v) is 14.1. The largest absolute Gasteiger partial charge is 0.417 e. The highest BCUT2D eigenvalue weighted by Gasteiger charge is 2.36. The Kier molecular flexibility index (Phi) is 7.57. The number of amides is 2.